The van der Waals surface area contributed by atoms with Crippen LogP contribution in [0.25, 0.3) is 0 Å². The van der Waals surface area contributed by atoms with E-state index in [-0.39, 0.29) is 54.5 Å². The van der Waals surface area contributed by atoms with Crippen LogP contribution in [0.15, 0.2) is 60.7 Å². The monoisotopic (exact) mass is 849 g/mol. The van der Waals surface area contributed by atoms with E-state index in [0.29, 0.717) is 65.0 Å². The van der Waals surface area contributed by atoms with Gasteiger partial charge >= 0.3 is 0 Å². The maximum atomic E-state index is 11.3. The van der Waals surface area contributed by atoms with Crippen molar-refractivity contribution in [1.82, 2.24) is 0 Å². The third kappa shape index (κ3) is 19.0. The van der Waals surface area contributed by atoms with Crippen LogP contribution >= 0.6 is 0 Å². The first-order valence-corrected chi connectivity index (χ1v) is 27.3. The minimum atomic E-state index is -1.95. The molecule has 1 fully saturated rings. The van der Waals surface area contributed by atoms with Crippen LogP contribution < -0.4 is 0 Å². The molecule has 0 unspecified atom stereocenters. The van der Waals surface area contributed by atoms with Crippen molar-refractivity contribution in [3.05, 3.63) is 71.8 Å². The van der Waals surface area contributed by atoms with Gasteiger partial charge in [-0.25, -0.2) is 0 Å². The molecule has 2 aromatic rings. The van der Waals surface area contributed by atoms with Crippen molar-refractivity contribution < 1.29 is 47.5 Å². The molecule has 3 rings (SSSR count). The summed E-state index contributed by atoms with van der Waals surface area (Å²) >= 11 is 0. The highest BCUT2D eigenvalue weighted by atomic mass is 28.4. The molecule has 0 aliphatic carbocycles. The number of ether oxygens (including phenoxy) is 6. The molecule has 332 valence electrons. The van der Waals surface area contributed by atoms with E-state index in [1.54, 1.807) is 0 Å². The molecule has 0 saturated carbocycles. The third-order valence-electron chi connectivity index (χ3n) is 12.0. The highest BCUT2D eigenvalue weighted by Crippen LogP contribution is 2.38. The van der Waals surface area contributed by atoms with Gasteiger partial charge in [-0.3, -0.25) is 0 Å². The zero-order valence-electron chi connectivity index (χ0n) is 38.1. The molecule has 1 aliphatic heterocycles. The third-order valence-corrected chi connectivity index (χ3v) is 21.1. The van der Waals surface area contributed by atoms with Crippen molar-refractivity contribution in [2.45, 2.75) is 192 Å². The Labute approximate surface area is 353 Å². The van der Waals surface area contributed by atoms with Crippen LogP contribution in [-0.4, -0.2) is 96.1 Å². The lowest BCUT2D eigenvalue weighted by Gasteiger charge is -2.42. The average Bonchev–Trinajstić information content (AvgIpc) is 3.10. The fourth-order valence-corrected chi connectivity index (χ4v) is 8.66. The fourth-order valence-electron chi connectivity index (χ4n) is 6.53. The first-order chi connectivity index (χ1) is 27.1. The van der Waals surface area contributed by atoms with Crippen molar-refractivity contribution in [3.8, 4) is 0 Å². The lowest BCUT2D eigenvalue weighted by Crippen LogP contribution is -2.47. The Hall–Kier alpha value is -1.53. The summed E-state index contributed by atoms with van der Waals surface area (Å²) in [4.78, 5) is 0. The second-order valence-electron chi connectivity index (χ2n) is 19.6. The van der Waals surface area contributed by atoms with Gasteiger partial charge in [0.1, 0.15) is 13.6 Å². The van der Waals surface area contributed by atoms with Gasteiger partial charge in [0.25, 0.3) is 0 Å². The molecule has 0 amide bonds. The predicted octanol–water partition coefficient (Wildman–Crippen LogP) is 10.1. The molecule has 12 heteroatoms. The highest BCUT2D eigenvalue weighted by Gasteiger charge is 2.40. The van der Waals surface area contributed by atoms with Gasteiger partial charge in [-0.05, 0) is 93.3 Å². The molecule has 0 bridgehead atoms. The molecule has 1 saturated heterocycles. The summed E-state index contributed by atoms with van der Waals surface area (Å²) < 4.78 is 50.0. The van der Waals surface area contributed by atoms with Gasteiger partial charge in [0, 0.05) is 26.1 Å². The summed E-state index contributed by atoms with van der Waals surface area (Å²) in [5.41, 5.74) is 2.16. The highest BCUT2D eigenvalue weighted by molar-refractivity contribution is 6.74. The van der Waals surface area contributed by atoms with Crippen LogP contribution in [-0.2, 0) is 50.5 Å². The molecule has 1 aliphatic rings. The minimum Gasteiger partial charge on any atom is -0.417 e. The van der Waals surface area contributed by atoms with Crippen LogP contribution in [0.4, 0.5) is 0 Å². The average molecular weight is 849 g/mol. The summed E-state index contributed by atoms with van der Waals surface area (Å²) in [6, 6.07) is 20.1. The van der Waals surface area contributed by atoms with Gasteiger partial charge in [-0.2, -0.15) is 0 Å². The molecule has 6 atom stereocenters. The molecule has 0 spiro atoms. The van der Waals surface area contributed by atoms with Gasteiger partial charge < -0.3 is 47.5 Å². The Morgan fingerprint density at radius 2 is 1.07 bits per heavy atom. The van der Waals surface area contributed by atoms with E-state index in [2.05, 4.69) is 67.7 Å². The van der Waals surface area contributed by atoms with Crippen molar-refractivity contribution in [2.75, 3.05) is 26.8 Å². The molecule has 0 radical (unpaired) electrons. The molecule has 58 heavy (non-hydrogen) atoms. The molecule has 10 nitrogen and oxygen atoms in total. The first-order valence-electron chi connectivity index (χ1n) is 21.5. The van der Waals surface area contributed by atoms with E-state index >= 15 is 0 Å². The number of hydrogen-bond donors (Lipinski definition) is 2. The Morgan fingerprint density at radius 3 is 1.53 bits per heavy atom. The summed E-state index contributed by atoms with van der Waals surface area (Å²) in [6.45, 7) is 28.6. The number of benzene rings is 2. The van der Waals surface area contributed by atoms with Gasteiger partial charge in [0.05, 0.1) is 49.8 Å². The summed E-state index contributed by atoms with van der Waals surface area (Å²) in [6.07, 6.45) is 1.09. The van der Waals surface area contributed by atoms with E-state index in [1.807, 2.05) is 74.5 Å². The summed E-state index contributed by atoms with van der Waals surface area (Å²) in [5, 5.41) is 22.8. The number of hydrogen-bond acceptors (Lipinski definition) is 10. The molecular weight excluding hydrogens is 769 g/mol. The minimum absolute atomic E-state index is 0.0928. The van der Waals surface area contributed by atoms with Gasteiger partial charge in [-0.1, -0.05) is 102 Å². The molecule has 0 aromatic heterocycles. The number of rotatable bonds is 26. The van der Waals surface area contributed by atoms with Crippen LogP contribution in [0.3, 0.4) is 0 Å². The van der Waals surface area contributed by atoms with Crippen LogP contribution in [0.5, 0.6) is 0 Å². The van der Waals surface area contributed by atoms with E-state index in [1.165, 1.54) is 0 Å². The van der Waals surface area contributed by atoms with E-state index in [9.17, 15) is 10.2 Å². The standard InChI is InChI=1S/C46H80O10Si2/c1-44(2,3)57(9,10)53-25-23-40(51-34-49-32-36-19-15-13-16-20-36)28-38(47)27-39(48)29-42-31-43(56-46(7,8)55-42)30-41(24-26-54-58(11,12)45(4,5)6)52-35-50-33-37-21-17-14-18-22-37/h13-22,38-43,47-48H,23-35H2,1-12H3/t38-,39-,40-,41-,42-,43+/m0/s1. The molecule has 2 aromatic carbocycles. The van der Waals surface area contributed by atoms with Crippen LogP contribution in [0.2, 0.25) is 36.3 Å². The number of aliphatic hydroxyl groups is 2. The molecule has 1 heterocycles. The van der Waals surface area contributed by atoms with E-state index in [4.69, 9.17) is 37.3 Å². The van der Waals surface area contributed by atoms with Crippen LogP contribution in [0.1, 0.15) is 111 Å². The smallest absolute Gasteiger partial charge is 0.191 e. The maximum Gasteiger partial charge on any atom is 0.191 e. The largest absolute Gasteiger partial charge is 0.417 e. The Bertz CT molecular complexity index is 1400. The van der Waals surface area contributed by atoms with Crippen LogP contribution in [0, 0.1) is 0 Å². The maximum absolute atomic E-state index is 11.3. The number of aliphatic hydroxyl groups excluding tert-OH is 2. The van der Waals surface area contributed by atoms with Crippen molar-refractivity contribution in [1.29, 1.82) is 0 Å². The van der Waals surface area contributed by atoms with Crippen molar-refractivity contribution >= 4 is 16.6 Å². The van der Waals surface area contributed by atoms with E-state index < -0.39 is 34.6 Å². The van der Waals surface area contributed by atoms with Gasteiger partial charge in [0.2, 0.25) is 0 Å². The predicted molar refractivity (Wildman–Crippen MR) is 236 cm³/mol. The Kier molecular flexibility index (Phi) is 20.7. The Balaban J connectivity index is 1.57. The zero-order chi connectivity index (χ0) is 43.0. The molecular formula is C46H80O10Si2. The van der Waals surface area contributed by atoms with Crippen molar-refractivity contribution in [2.24, 2.45) is 0 Å². The lowest BCUT2D eigenvalue weighted by atomic mass is 9.95. The lowest BCUT2D eigenvalue weighted by molar-refractivity contribution is -0.307. The normalized spacial score (nSPS) is 20.1. The first kappa shape index (κ1) is 50.8. The zero-order valence-corrected chi connectivity index (χ0v) is 40.1. The SMILES string of the molecule is CC1(C)O[C@H](C[C@H](CCO[Si](C)(C)C(C)(C)C)OCOCc2ccccc2)C[C@H](C[C@@H](O)C[C@H](O)C[C@H](CCO[Si](C)(C)C(C)(C)C)OCOCc2ccccc2)O1. The summed E-state index contributed by atoms with van der Waals surface area (Å²) in [7, 11) is -3.88. The quantitative estimate of drug-likeness (QED) is 0.0539. The van der Waals surface area contributed by atoms with Crippen molar-refractivity contribution in [3.63, 3.8) is 0 Å². The second-order valence-corrected chi connectivity index (χ2v) is 29.3. The summed E-state index contributed by atoms with van der Waals surface area (Å²) in [5.74, 6) is -0.846. The Morgan fingerprint density at radius 1 is 0.638 bits per heavy atom. The van der Waals surface area contributed by atoms with Gasteiger partial charge in [-0.15, -0.1) is 0 Å². The van der Waals surface area contributed by atoms with E-state index in [0.717, 1.165) is 11.1 Å². The van der Waals surface area contributed by atoms with Gasteiger partial charge in [0.15, 0.2) is 22.4 Å². The molecule has 2 N–H and O–H groups in total. The second kappa shape index (κ2) is 23.6. The fraction of sp³-hybridized carbons (Fsp3) is 0.739. The topological polar surface area (TPSA) is 114 Å².